The lowest BCUT2D eigenvalue weighted by Gasteiger charge is -2.38. The van der Waals surface area contributed by atoms with Crippen molar-refractivity contribution < 1.29 is 9.53 Å². The average Bonchev–Trinajstić information content (AvgIpc) is 2.47. The molecular weight excluding hydrogens is 368 g/mol. The first-order valence-electron chi connectivity index (χ1n) is 7.40. The zero-order valence-electron chi connectivity index (χ0n) is 13.0. The van der Waals surface area contributed by atoms with Crippen LogP contribution in [0.25, 0.3) is 0 Å². The van der Waals surface area contributed by atoms with Gasteiger partial charge < -0.3 is 15.4 Å². The molecule has 2 atom stereocenters. The first-order valence-corrected chi connectivity index (χ1v) is 8.19. The average molecular weight is 392 g/mol. The number of rotatable bonds is 4. The zero-order valence-corrected chi connectivity index (χ0v) is 15.5. The smallest absolute Gasteiger partial charge is 0.227 e. The number of amides is 1. The Morgan fingerprint density at radius 2 is 2.23 bits per heavy atom. The monoisotopic (exact) mass is 390 g/mol. The zero-order chi connectivity index (χ0) is 15.4. The van der Waals surface area contributed by atoms with Gasteiger partial charge in [0.2, 0.25) is 5.91 Å². The molecule has 1 aromatic rings. The van der Waals surface area contributed by atoms with E-state index in [1.54, 1.807) is 7.11 Å². The molecule has 124 valence electrons. The molecule has 6 heteroatoms. The van der Waals surface area contributed by atoms with Crippen molar-refractivity contribution in [1.82, 2.24) is 4.90 Å². The normalized spacial score (nSPS) is 19.3. The van der Waals surface area contributed by atoms with E-state index in [4.69, 9.17) is 10.5 Å². The molecule has 2 rings (SSSR count). The Morgan fingerprint density at radius 1 is 1.50 bits per heavy atom. The van der Waals surface area contributed by atoms with Gasteiger partial charge in [-0.15, -0.1) is 12.4 Å². The first-order chi connectivity index (χ1) is 10.0. The van der Waals surface area contributed by atoms with Crippen LogP contribution in [-0.4, -0.2) is 36.5 Å². The molecule has 0 spiro atoms. The number of likely N-dealkylation sites (tertiary alicyclic amines) is 1. The molecule has 0 aromatic heterocycles. The number of hydrogen-bond donors (Lipinski definition) is 1. The van der Waals surface area contributed by atoms with Crippen LogP contribution in [-0.2, 0) is 11.2 Å². The fourth-order valence-electron chi connectivity index (χ4n) is 2.96. The highest BCUT2D eigenvalue weighted by Gasteiger charge is 2.29. The molecule has 1 aromatic carbocycles. The number of hydrogen-bond acceptors (Lipinski definition) is 3. The van der Waals surface area contributed by atoms with Crippen LogP contribution in [0.2, 0.25) is 0 Å². The van der Waals surface area contributed by atoms with Crippen LogP contribution in [0.1, 0.15) is 31.7 Å². The molecule has 1 aliphatic heterocycles. The summed E-state index contributed by atoms with van der Waals surface area (Å²) in [6.07, 6.45) is 3.56. The third kappa shape index (κ3) is 4.61. The molecule has 22 heavy (non-hydrogen) atoms. The molecular formula is C16H24BrClN2O2. The Balaban J connectivity index is 0.00000242. The number of nitrogens with two attached hydrogens (primary N) is 1. The van der Waals surface area contributed by atoms with Crippen molar-refractivity contribution in [2.45, 2.75) is 44.7 Å². The molecule has 0 bridgehead atoms. The summed E-state index contributed by atoms with van der Waals surface area (Å²) >= 11 is 3.45. The molecule has 1 heterocycles. The van der Waals surface area contributed by atoms with Gasteiger partial charge in [-0.2, -0.15) is 0 Å². The van der Waals surface area contributed by atoms with E-state index in [2.05, 4.69) is 15.9 Å². The summed E-state index contributed by atoms with van der Waals surface area (Å²) in [7, 11) is 1.63. The topological polar surface area (TPSA) is 55.6 Å². The predicted octanol–water partition coefficient (Wildman–Crippen LogP) is 3.15. The number of carbonyl (C=O) groups excluding carboxylic acids is 1. The van der Waals surface area contributed by atoms with Gasteiger partial charge in [-0.3, -0.25) is 4.79 Å². The number of methoxy groups -OCH3 is 1. The summed E-state index contributed by atoms with van der Waals surface area (Å²) in [6, 6.07) is 5.91. The van der Waals surface area contributed by atoms with Crippen molar-refractivity contribution in [3.63, 3.8) is 0 Å². The molecule has 1 aliphatic rings. The molecule has 4 nitrogen and oxygen atoms in total. The summed E-state index contributed by atoms with van der Waals surface area (Å²) in [5.74, 6) is 0.884. The molecule has 2 N–H and O–H groups in total. The van der Waals surface area contributed by atoms with Crippen LogP contribution in [0.3, 0.4) is 0 Å². The van der Waals surface area contributed by atoms with Crippen molar-refractivity contribution in [2.24, 2.45) is 5.73 Å². The predicted molar refractivity (Wildman–Crippen MR) is 94.6 cm³/mol. The minimum atomic E-state index is 0. The summed E-state index contributed by atoms with van der Waals surface area (Å²) in [4.78, 5) is 14.6. The summed E-state index contributed by atoms with van der Waals surface area (Å²) in [5.41, 5.74) is 6.95. The summed E-state index contributed by atoms with van der Waals surface area (Å²) < 4.78 is 6.30. The van der Waals surface area contributed by atoms with E-state index in [0.717, 1.165) is 41.6 Å². The van der Waals surface area contributed by atoms with E-state index in [9.17, 15) is 4.79 Å². The Bertz CT molecular complexity index is 511. The third-order valence-corrected chi connectivity index (χ3v) is 4.55. The second kappa shape index (κ2) is 8.75. The lowest BCUT2D eigenvalue weighted by Crippen LogP contribution is -2.52. The quantitative estimate of drug-likeness (QED) is 0.858. The van der Waals surface area contributed by atoms with Crippen LogP contribution in [0.4, 0.5) is 0 Å². The SMILES string of the molecule is COc1ccc(Br)cc1CC(=O)N1CCCCC1C(C)N.Cl. The van der Waals surface area contributed by atoms with E-state index in [1.165, 1.54) is 0 Å². The van der Waals surface area contributed by atoms with Crippen molar-refractivity contribution in [3.8, 4) is 5.75 Å². The molecule has 1 saturated heterocycles. The van der Waals surface area contributed by atoms with Gasteiger partial charge in [-0.05, 0) is 44.4 Å². The lowest BCUT2D eigenvalue weighted by atomic mass is 9.96. The summed E-state index contributed by atoms with van der Waals surface area (Å²) in [5, 5.41) is 0. The van der Waals surface area contributed by atoms with E-state index < -0.39 is 0 Å². The van der Waals surface area contributed by atoms with Crippen LogP contribution >= 0.6 is 28.3 Å². The van der Waals surface area contributed by atoms with Crippen LogP contribution in [0.5, 0.6) is 5.75 Å². The lowest BCUT2D eigenvalue weighted by molar-refractivity contribution is -0.134. The minimum Gasteiger partial charge on any atom is -0.496 e. The van der Waals surface area contributed by atoms with E-state index in [0.29, 0.717) is 6.42 Å². The van der Waals surface area contributed by atoms with Gasteiger partial charge in [0.25, 0.3) is 0 Å². The van der Waals surface area contributed by atoms with Crippen LogP contribution in [0.15, 0.2) is 22.7 Å². The number of ether oxygens (including phenoxy) is 1. The maximum atomic E-state index is 12.7. The number of carbonyl (C=O) groups is 1. The maximum absolute atomic E-state index is 12.7. The van der Waals surface area contributed by atoms with Crippen molar-refractivity contribution in [1.29, 1.82) is 0 Å². The van der Waals surface area contributed by atoms with Gasteiger partial charge in [0, 0.05) is 28.7 Å². The van der Waals surface area contributed by atoms with Gasteiger partial charge in [0.05, 0.1) is 13.5 Å². The van der Waals surface area contributed by atoms with Crippen molar-refractivity contribution in [2.75, 3.05) is 13.7 Å². The fraction of sp³-hybridized carbons (Fsp3) is 0.562. The van der Waals surface area contributed by atoms with E-state index in [1.807, 2.05) is 30.0 Å². The number of benzene rings is 1. The molecule has 0 aliphatic carbocycles. The third-order valence-electron chi connectivity index (χ3n) is 4.06. The van der Waals surface area contributed by atoms with Gasteiger partial charge in [0.1, 0.15) is 5.75 Å². The first kappa shape index (κ1) is 19.3. The van der Waals surface area contributed by atoms with Crippen molar-refractivity contribution >= 4 is 34.2 Å². The van der Waals surface area contributed by atoms with Crippen molar-refractivity contribution in [3.05, 3.63) is 28.2 Å². The van der Waals surface area contributed by atoms with E-state index in [-0.39, 0.29) is 30.4 Å². The molecule has 1 amide bonds. The number of halogens is 2. The maximum Gasteiger partial charge on any atom is 0.227 e. The molecule has 0 saturated carbocycles. The molecule has 2 unspecified atom stereocenters. The van der Waals surface area contributed by atoms with Gasteiger partial charge in [-0.1, -0.05) is 15.9 Å². The minimum absolute atomic E-state index is 0. The van der Waals surface area contributed by atoms with Gasteiger partial charge in [0.15, 0.2) is 0 Å². The number of piperidine rings is 1. The van der Waals surface area contributed by atoms with E-state index >= 15 is 0 Å². The second-order valence-electron chi connectivity index (χ2n) is 5.64. The Hall–Kier alpha value is -0.780. The number of nitrogens with zero attached hydrogens (tertiary/aromatic N) is 1. The van der Waals surface area contributed by atoms with Gasteiger partial charge in [-0.25, -0.2) is 0 Å². The Morgan fingerprint density at radius 3 is 2.86 bits per heavy atom. The highest BCUT2D eigenvalue weighted by atomic mass is 79.9. The van der Waals surface area contributed by atoms with Gasteiger partial charge >= 0.3 is 0 Å². The Labute approximate surface area is 146 Å². The molecule has 0 radical (unpaired) electrons. The molecule has 1 fully saturated rings. The standard InChI is InChI=1S/C16H23BrN2O2.ClH/c1-11(18)14-5-3-4-8-19(14)16(20)10-12-9-13(17)6-7-15(12)21-2;/h6-7,9,11,14H,3-5,8,10,18H2,1-2H3;1H. The fourth-order valence-corrected chi connectivity index (χ4v) is 3.37. The largest absolute Gasteiger partial charge is 0.496 e. The van der Waals surface area contributed by atoms with Crippen LogP contribution in [0, 0.1) is 0 Å². The van der Waals surface area contributed by atoms with Crippen LogP contribution < -0.4 is 10.5 Å². The highest BCUT2D eigenvalue weighted by Crippen LogP contribution is 2.26. The highest BCUT2D eigenvalue weighted by molar-refractivity contribution is 9.10. The summed E-state index contributed by atoms with van der Waals surface area (Å²) in [6.45, 7) is 2.79. The Kier molecular flexibility index (Phi) is 7.66. The second-order valence-corrected chi connectivity index (χ2v) is 6.56.